The smallest absolute Gasteiger partial charge is 0.223 e. The number of hydrogen-bond acceptors (Lipinski definition) is 6. The van der Waals surface area contributed by atoms with Gasteiger partial charge in [0.25, 0.3) is 0 Å². The molecule has 2 fully saturated rings. The second kappa shape index (κ2) is 15.9. The first-order valence-corrected chi connectivity index (χ1v) is 15.3. The number of nitrogens with one attached hydrogen (secondary N) is 1. The molecule has 0 spiro atoms. The fourth-order valence-corrected chi connectivity index (χ4v) is 5.62. The number of benzene rings is 1. The second-order valence-electron chi connectivity index (χ2n) is 12.5. The van der Waals surface area contributed by atoms with Gasteiger partial charge in [-0.15, -0.1) is 0 Å². The first-order valence-electron chi connectivity index (χ1n) is 15.3. The van der Waals surface area contributed by atoms with Crippen LogP contribution in [0.15, 0.2) is 18.2 Å². The molecule has 1 aliphatic carbocycles. The van der Waals surface area contributed by atoms with Crippen molar-refractivity contribution < 1.29 is 24.1 Å². The van der Waals surface area contributed by atoms with E-state index in [1.54, 1.807) is 7.11 Å². The molecule has 3 rings (SSSR count). The van der Waals surface area contributed by atoms with E-state index < -0.39 is 6.10 Å². The Hall–Kier alpha value is -1.67. The van der Waals surface area contributed by atoms with Crippen LogP contribution in [0.25, 0.3) is 0 Å². The number of carbonyl (C=O) groups excluding carboxylic acids is 1. The lowest BCUT2D eigenvalue weighted by molar-refractivity contribution is -0.129. The second-order valence-corrected chi connectivity index (χ2v) is 12.5. The number of rotatable bonds is 17. The number of carbonyl (C=O) groups is 1. The maximum Gasteiger partial charge on any atom is 0.223 e. The summed E-state index contributed by atoms with van der Waals surface area (Å²) in [7, 11) is 1.72. The monoisotopic (exact) mass is 546 g/mol. The molecule has 1 saturated carbocycles. The Morgan fingerprint density at radius 1 is 1.08 bits per heavy atom. The van der Waals surface area contributed by atoms with Crippen molar-refractivity contribution in [2.45, 2.75) is 103 Å². The Labute approximate surface area is 236 Å². The van der Waals surface area contributed by atoms with Crippen LogP contribution in [-0.4, -0.2) is 62.7 Å². The summed E-state index contributed by atoms with van der Waals surface area (Å²) >= 11 is 0. The molecule has 1 amide bonds. The van der Waals surface area contributed by atoms with E-state index in [0.717, 1.165) is 31.4 Å². The molecule has 2 aliphatic rings. The molecule has 4 atom stereocenters. The molecular weight excluding hydrogens is 492 g/mol. The Balaban J connectivity index is 1.59. The van der Waals surface area contributed by atoms with Crippen LogP contribution in [-0.2, 0) is 20.7 Å². The predicted molar refractivity (Wildman–Crippen MR) is 156 cm³/mol. The number of hydrogen-bond donors (Lipinski definition) is 3. The third kappa shape index (κ3) is 10.3. The topological polar surface area (TPSA) is 103 Å². The molecule has 0 bridgehead atoms. The molecule has 0 aromatic heterocycles. The van der Waals surface area contributed by atoms with E-state index >= 15 is 0 Å². The van der Waals surface area contributed by atoms with Crippen molar-refractivity contribution in [2.75, 3.05) is 33.5 Å². The summed E-state index contributed by atoms with van der Waals surface area (Å²) in [6.07, 6.45) is 6.28. The lowest BCUT2D eigenvalue weighted by Crippen LogP contribution is -2.46. The Kier molecular flexibility index (Phi) is 13.0. The molecule has 39 heavy (non-hydrogen) atoms. The van der Waals surface area contributed by atoms with E-state index in [1.807, 2.05) is 13.8 Å². The van der Waals surface area contributed by atoms with Crippen LogP contribution in [0.4, 0.5) is 0 Å². The first-order chi connectivity index (χ1) is 18.7. The van der Waals surface area contributed by atoms with E-state index in [-0.39, 0.29) is 29.8 Å². The minimum atomic E-state index is -0.726. The minimum Gasteiger partial charge on any atom is -0.493 e. The van der Waals surface area contributed by atoms with Crippen LogP contribution in [0.3, 0.4) is 0 Å². The highest BCUT2D eigenvalue weighted by Crippen LogP contribution is 2.45. The van der Waals surface area contributed by atoms with Crippen LogP contribution in [0.5, 0.6) is 5.75 Å². The standard InChI is InChI=1S/C32H54N2O5/c1-21(2)25(17-23-7-10-27(24-8-9-24)31(18-23)39-14-6-13-37-5)19-29(33)30(35)20-28(22(3)4)32(36)34-26-11-15-38-16-12-26/h7,10,18,21-22,24-26,28-30,35H,6,8-9,11-17,19-20,33H2,1-5H3,(H,34,36)/t25?,28?,29-,30-/m0/s1. The maximum absolute atomic E-state index is 13.1. The van der Waals surface area contributed by atoms with Gasteiger partial charge in [-0.2, -0.15) is 0 Å². The SMILES string of the molecule is COCCCOc1cc(CC(C[C@H](N)[C@@H](O)CC(C(=O)NC2CCOCC2)C(C)C)C(C)C)ccc1C1CC1. The van der Waals surface area contributed by atoms with Gasteiger partial charge in [-0.05, 0) is 85.8 Å². The van der Waals surface area contributed by atoms with Crippen LogP contribution in [0.2, 0.25) is 0 Å². The zero-order chi connectivity index (χ0) is 28.4. The molecule has 7 heteroatoms. The fourth-order valence-electron chi connectivity index (χ4n) is 5.62. The molecule has 4 N–H and O–H groups in total. The van der Waals surface area contributed by atoms with E-state index in [2.05, 4.69) is 37.4 Å². The molecule has 2 unspecified atom stereocenters. The minimum absolute atomic E-state index is 0.0253. The van der Waals surface area contributed by atoms with Crippen molar-refractivity contribution in [3.63, 3.8) is 0 Å². The van der Waals surface area contributed by atoms with Gasteiger partial charge in [0.1, 0.15) is 5.75 Å². The van der Waals surface area contributed by atoms with Gasteiger partial charge in [-0.1, -0.05) is 39.8 Å². The molecule has 0 radical (unpaired) electrons. The third-order valence-corrected chi connectivity index (χ3v) is 8.56. The quantitative estimate of drug-likeness (QED) is 0.242. The Morgan fingerprint density at radius 2 is 1.79 bits per heavy atom. The molecule has 1 aromatic rings. The largest absolute Gasteiger partial charge is 0.493 e. The van der Waals surface area contributed by atoms with Crippen LogP contribution in [0, 0.1) is 23.7 Å². The van der Waals surface area contributed by atoms with Crippen molar-refractivity contribution in [1.29, 1.82) is 0 Å². The third-order valence-electron chi connectivity index (χ3n) is 8.56. The number of amides is 1. The average Bonchev–Trinajstić information content (AvgIpc) is 3.75. The van der Waals surface area contributed by atoms with Gasteiger partial charge in [0, 0.05) is 51.4 Å². The summed E-state index contributed by atoms with van der Waals surface area (Å²) in [6.45, 7) is 11.3. The van der Waals surface area contributed by atoms with Crippen molar-refractivity contribution in [1.82, 2.24) is 5.32 Å². The van der Waals surface area contributed by atoms with E-state index in [0.29, 0.717) is 57.0 Å². The van der Waals surface area contributed by atoms with Gasteiger partial charge in [0.15, 0.2) is 0 Å². The molecule has 222 valence electrons. The highest BCUT2D eigenvalue weighted by atomic mass is 16.5. The van der Waals surface area contributed by atoms with E-state index in [9.17, 15) is 9.90 Å². The molecule has 7 nitrogen and oxygen atoms in total. The lowest BCUT2D eigenvalue weighted by atomic mass is 9.80. The zero-order valence-corrected chi connectivity index (χ0v) is 25.0. The fraction of sp³-hybridized carbons (Fsp3) is 0.781. The summed E-state index contributed by atoms with van der Waals surface area (Å²) in [6, 6.07) is 6.47. The molecular formula is C32H54N2O5. The zero-order valence-electron chi connectivity index (χ0n) is 25.0. The number of nitrogens with two attached hydrogens (primary N) is 1. The number of ether oxygens (including phenoxy) is 3. The highest BCUT2D eigenvalue weighted by molar-refractivity contribution is 5.79. The van der Waals surface area contributed by atoms with Crippen LogP contribution >= 0.6 is 0 Å². The highest BCUT2D eigenvalue weighted by Gasteiger charge is 2.31. The van der Waals surface area contributed by atoms with Crippen molar-refractivity contribution in [3.8, 4) is 5.75 Å². The van der Waals surface area contributed by atoms with E-state index in [4.69, 9.17) is 19.9 Å². The number of aliphatic hydroxyl groups is 1. The van der Waals surface area contributed by atoms with Gasteiger partial charge < -0.3 is 30.4 Å². The molecule has 1 heterocycles. The normalized spacial score (nSPS) is 19.6. The Bertz CT molecular complexity index is 866. The average molecular weight is 547 g/mol. The van der Waals surface area contributed by atoms with Crippen molar-refractivity contribution in [3.05, 3.63) is 29.3 Å². The summed E-state index contributed by atoms with van der Waals surface area (Å²) in [4.78, 5) is 13.1. The number of methoxy groups -OCH3 is 1. The van der Waals surface area contributed by atoms with Gasteiger partial charge in [-0.25, -0.2) is 0 Å². The lowest BCUT2D eigenvalue weighted by Gasteiger charge is -2.31. The van der Waals surface area contributed by atoms with Gasteiger partial charge in [0.2, 0.25) is 5.91 Å². The van der Waals surface area contributed by atoms with Gasteiger partial charge in [0.05, 0.1) is 12.7 Å². The van der Waals surface area contributed by atoms with Crippen LogP contribution in [0.1, 0.15) is 89.7 Å². The van der Waals surface area contributed by atoms with Gasteiger partial charge >= 0.3 is 0 Å². The molecule has 1 saturated heterocycles. The van der Waals surface area contributed by atoms with Gasteiger partial charge in [-0.3, -0.25) is 4.79 Å². The summed E-state index contributed by atoms with van der Waals surface area (Å²) in [5.74, 6) is 2.25. The van der Waals surface area contributed by atoms with Crippen LogP contribution < -0.4 is 15.8 Å². The van der Waals surface area contributed by atoms with E-state index in [1.165, 1.54) is 24.0 Å². The van der Waals surface area contributed by atoms with Crippen molar-refractivity contribution >= 4 is 5.91 Å². The number of aliphatic hydroxyl groups excluding tert-OH is 1. The molecule has 1 aliphatic heterocycles. The maximum atomic E-state index is 13.1. The van der Waals surface area contributed by atoms with Crippen molar-refractivity contribution in [2.24, 2.45) is 29.4 Å². The summed E-state index contributed by atoms with van der Waals surface area (Å²) in [5, 5.41) is 14.3. The first kappa shape index (κ1) is 31.9. The Morgan fingerprint density at radius 3 is 2.41 bits per heavy atom. The molecule has 1 aromatic carbocycles. The summed E-state index contributed by atoms with van der Waals surface area (Å²) < 4.78 is 16.8. The predicted octanol–water partition coefficient (Wildman–Crippen LogP) is 4.83. The summed E-state index contributed by atoms with van der Waals surface area (Å²) in [5.41, 5.74) is 9.17.